The third-order valence-electron chi connectivity index (χ3n) is 4.56. The van der Waals surface area contributed by atoms with Crippen LogP contribution in [0.3, 0.4) is 0 Å². The Labute approximate surface area is 162 Å². The molecule has 1 fully saturated rings. The molecule has 1 heterocycles. The molecule has 1 aliphatic heterocycles. The molecule has 0 spiro atoms. The molecular weight excluding hydrogens is 364 g/mol. The zero-order valence-corrected chi connectivity index (χ0v) is 15.2. The summed E-state index contributed by atoms with van der Waals surface area (Å²) < 4.78 is 5.49. The average molecular weight is 386 g/mol. The Morgan fingerprint density at radius 1 is 0.893 bits per heavy atom. The first-order valence-corrected chi connectivity index (χ1v) is 8.95. The van der Waals surface area contributed by atoms with Crippen LogP contribution in [-0.2, 0) is 4.79 Å². The number of para-hydroxylation sites is 1. The maximum absolute atomic E-state index is 12.6. The summed E-state index contributed by atoms with van der Waals surface area (Å²) in [4.78, 5) is 28.3. The monoisotopic (exact) mass is 386 g/mol. The first-order valence-electron chi connectivity index (χ1n) is 8.95. The van der Waals surface area contributed by atoms with E-state index in [1.54, 1.807) is 21.9 Å². The maximum atomic E-state index is 12.6. The Kier molecular flexibility index (Phi) is 5.88. The number of rotatable bonds is 4. The first kappa shape index (κ1) is 19.3. The van der Waals surface area contributed by atoms with E-state index in [0.29, 0.717) is 38.3 Å². The number of benzene rings is 2. The quantitative estimate of drug-likeness (QED) is 0.688. The van der Waals surface area contributed by atoms with E-state index >= 15 is 0 Å². The van der Waals surface area contributed by atoms with Gasteiger partial charge in [-0.15, -0.1) is 0 Å². The number of hydrogen-bond acceptors (Lipinski definition) is 6. The van der Waals surface area contributed by atoms with Crippen LogP contribution < -0.4 is 4.74 Å². The second kappa shape index (κ2) is 8.51. The maximum Gasteiger partial charge on any atom is 0.260 e. The molecule has 8 nitrogen and oxygen atoms in total. The number of phenols is 3. The van der Waals surface area contributed by atoms with Gasteiger partial charge in [-0.05, 0) is 30.7 Å². The van der Waals surface area contributed by atoms with Crippen molar-refractivity contribution in [3.63, 3.8) is 0 Å². The number of carbonyl (C=O) groups excluding carboxylic acids is 2. The molecule has 28 heavy (non-hydrogen) atoms. The SMILES string of the molecule is O=C(COc1ccccc1)N1CCCN(C(=O)c2cc(O)c(O)c(O)c2)CC1. The van der Waals surface area contributed by atoms with Gasteiger partial charge in [0.1, 0.15) is 5.75 Å². The molecule has 2 aromatic carbocycles. The second-order valence-corrected chi connectivity index (χ2v) is 6.49. The zero-order valence-electron chi connectivity index (χ0n) is 15.2. The molecule has 0 saturated carbocycles. The molecule has 3 N–H and O–H groups in total. The van der Waals surface area contributed by atoms with Crippen LogP contribution >= 0.6 is 0 Å². The molecule has 148 valence electrons. The van der Waals surface area contributed by atoms with Gasteiger partial charge < -0.3 is 29.9 Å². The van der Waals surface area contributed by atoms with Gasteiger partial charge in [0, 0.05) is 31.7 Å². The smallest absolute Gasteiger partial charge is 0.260 e. The van der Waals surface area contributed by atoms with E-state index in [2.05, 4.69) is 0 Å². The van der Waals surface area contributed by atoms with Gasteiger partial charge in [0.25, 0.3) is 11.8 Å². The van der Waals surface area contributed by atoms with Gasteiger partial charge >= 0.3 is 0 Å². The van der Waals surface area contributed by atoms with Gasteiger partial charge in [-0.3, -0.25) is 9.59 Å². The standard InChI is InChI=1S/C20H22N2O6/c23-16-11-14(12-17(24)19(16)26)20(27)22-8-4-7-21(9-10-22)18(25)13-28-15-5-2-1-3-6-15/h1-3,5-6,11-12,23-24,26H,4,7-10,13H2. The molecule has 0 atom stereocenters. The number of phenolic OH excluding ortho intramolecular Hbond substituents is 3. The van der Waals surface area contributed by atoms with Crippen molar-refractivity contribution in [1.29, 1.82) is 0 Å². The van der Waals surface area contributed by atoms with E-state index < -0.39 is 17.2 Å². The highest BCUT2D eigenvalue weighted by Crippen LogP contribution is 2.35. The normalized spacial score (nSPS) is 14.4. The van der Waals surface area contributed by atoms with E-state index in [1.165, 1.54) is 0 Å². The van der Waals surface area contributed by atoms with Crippen molar-refractivity contribution in [2.75, 3.05) is 32.8 Å². The summed E-state index contributed by atoms with van der Waals surface area (Å²) in [5.74, 6) is -1.71. The Morgan fingerprint density at radius 2 is 1.50 bits per heavy atom. The van der Waals surface area contributed by atoms with Crippen LogP contribution in [0.25, 0.3) is 0 Å². The molecule has 0 unspecified atom stereocenters. The minimum atomic E-state index is -0.664. The van der Waals surface area contributed by atoms with Crippen molar-refractivity contribution >= 4 is 11.8 Å². The molecule has 3 rings (SSSR count). The summed E-state index contributed by atoms with van der Waals surface area (Å²) in [6.07, 6.45) is 0.596. The molecule has 2 aromatic rings. The minimum absolute atomic E-state index is 0.0694. The van der Waals surface area contributed by atoms with Crippen LogP contribution in [0.15, 0.2) is 42.5 Å². The third-order valence-corrected chi connectivity index (χ3v) is 4.56. The molecular formula is C20H22N2O6. The fraction of sp³-hybridized carbons (Fsp3) is 0.300. The van der Waals surface area contributed by atoms with E-state index in [4.69, 9.17) is 4.74 Å². The summed E-state index contributed by atoms with van der Waals surface area (Å²) in [5, 5.41) is 28.6. The van der Waals surface area contributed by atoms with Crippen LogP contribution in [0.1, 0.15) is 16.8 Å². The number of aromatic hydroxyl groups is 3. The van der Waals surface area contributed by atoms with Crippen molar-refractivity contribution in [2.24, 2.45) is 0 Å². The Bertz CT molecular complexity index is 832. The largest absolute Gasteiger partial charge is 0.504 e. The Balaban J connectivity index is 1.58. The highest BCUT2D eigenvalue weighted by Gasteiger charge is 2.24. The molecule has 1 aliphatic rings. The lowest BCUT2D eigenvalue weighted by atomic mass is 10.1. The van der Waals surface area contributed by atoms with Crippen molar-refractivity contribution in [2.45, 2.75) is 6.42 Å². The highest BCUT2D eigenvalue weighted by atomic mass is 16.5. The minimum Gasteiger partial charge on any atom is -0.504 e. The van der Waals surface area contributed by atoms with Crippen molar-refractivity contribution in [1.82, 2.24) is 9.80 Å². The first-order chi connectivity index (χ1) is 13.5. The van der Waals surface area contributed by atoms with E-state index in [-0.39, 0.29) is 24.0 Å². The summed E-state index contributed by atoms with van der Waals surface area (Å²) in [7, 11) is 0. The molecule has 1 saturated heterocycles. The predicted molar refractivity (Wildman–Crippen MR) is 100 cm³/mol. The van der Waals surface area contributed by atoms with Crippen LogP contribution in [0, 0.1) is 0 Å². The van der Waals surface area contributed by atoms with Crippen molar-refractivity contribution in [3.05, 3.63) is 48.0 Å². The lowest BCUT2D eigenvalue weighted by Gasteiger charge is -2.22. The predicted octanol–water partition coefficient (Wildman–Crippen LogP) is 1.56. The van der Waals surface area contributed by atoms with E-state index in [9.17, 15) is 24.9 Å². The lowest BCUT2D eigenvalue weighted by molar-refractivity contribution is -0.133. The number of carbonyl (C=O) groups is 2. The van der Waals surface area contributed by atoms with Crippen LogP contribution in [0.2, 0.25) is 0 Å². The molecule has 8 heteroatoms. The fourth-order valence-electron chi connectivity index (χ4n) is 3.03. The molecule has 0 aromatic heterocycles. The van der Waals surface area contributed by atoms with Gasteiger partial charge in [0.15, 0.2) is 23.9 Å². The van der Waals surface area contributed by atoms with Crippen LogP contribution in [-0.4, -0.2) is 69.7 Å². The lowest BCUT2D eigenvalue weighted by Crippen LogP contribution is -2.39. The number of amides is 2. The zero-order chi connectivity index (χ0) is 20.1. The second-order valence-electron chi connectivity index (χ2n) is 6.49. The fourth-order valence-corrected chi connectivity index (χ4v) is 3.03. The van der Waals surface area contributed by atoms with Crippen molar-refractivity contribution < 1.29 is 29.6 Å². The molecule has 0 aliphatic carbocycles. The van der Waals surface area contributed by atoms with E-state index in [0.717, 1.165) is 12.1 Å². The average Bonchev–Trinajstić information content (AvgIpc) is 2.96. The number of nitrogens with zero attached hydrogens (tertiary/aromatic N) is 2. The summed E-state index contributed by atoms with van der Waals surface area (Å²) >= 11 is 0. The van der Waals surface area contributed by atoms with Gasteiger partial charge in [0.2, 0.25) is 0 Å². The number of ether oxygens (including phenoxy) is 1. The van der Waals surface area contributed by atoms with Gasteiger partial charge in [-0.25, -0.2) is 0 Å². The van der Waals surface area contributed by atoms with Gasteiger partial charge in [-0.1, -0.05) is 18.2 Å². The van der Waals surface area contributed by atoms with Gasteiger partial charge in [-0.2, -0.15) is 0 Å². The third kappa shape index (κ3) is 4.46. The summed E-state index contributed by atoms with van der Waals surface area (Å²) in [6.45, 7) is 1.55. The molecule has 2 amide bonds. The topological polar surface area (TPSA) is 111 Å². The highest BCUT2D eigenvalue weighted by molar-refractivity contribution is 5.95. The van der Waals surface area contributed by atoms with Crippen LogP contribution in [0.5, 0.6) is 23.0 Å². The molecule has 0 radical (unpaired) electrons. The molecule has 0 bridgehead atoms. The summed E-state index contributed by atoms with van der Waals surface area (Å²) in [5.41, 5.74) is 0.0694. The Hall–Kier alpha value is -3.42. The van der Waals surface area contributed by atoms with Crippen LogP contribution in [0.4, 0.5) is 0 Å². The van der Waals surface area contributed by atoms with Crippen molar-refractivity contribution in [3.8, 4) is 23.0 Å². The van der Waals surface area contributed by atoms with E-state index in [1.807, 2.05) is 18.2 Å². The Morgan fingerprint density at radius 3 is 2.18 bits per heavy atom. The van der Waals surface area contributed by atoms with Gasteiger partial charge in [0.05, 0.1) is 0 Å². The summed E-state index contributed by atoms with van der Waals surface area (Å²) in [6, 6.07) is 11.3. The number of hydrogen-bond donors (Lipinski definition) is 3.